The summed E-state index contributed by atoms with van der Waals surface area (Å²) in [4.78, 5) is 16.4. The Kier molecular flexibility index (Phi) is 8.28. The molecule has 0 spiro atoms. The smallest absolute Gasteiger partial charge is 0.237 e. The van der Waals surface area contributed by atoms with Gasteiger partial charge in [-0.25, -0.2) is 0 Å². The number of nitrogens with one attached hydrogen (secondary N) is 1. The normalized spacial score (nSPS) is 11.7. The van der Waals surface area contributed by atoms with Gasteiger partial charge in [0.1, 0.15) is 6.61 Å². The van der Waals surface area contributed by atoms with Crippen LogP contribution in [0.1, 0.15) is 32.3 Å². The van der Waals surface area contributed by atoms with Gasteiger partial charge < -0.3 is 14.8 Å². The molecule has 1 heterocycles. The fourth-order valence-corrected chi connectivity index (χ4v) is 3.26. The molecule has 2 aromatic rings. The molecule has 1 aromatic heterocycles. The second kappa shape index (κ2) is 10.7. The second-order valence-corrected chi connectivity index (χ2v) is 7.32. The Morgan fingerprint density at radius 2 is 2.15 bits per heavy atom. The molecule has 0 saturated carbocycles. The lowest BCUT2D eigenvalue weighted by molar-refractivity contribution is -0.115. The molecular weight excluding hydrogens is 348 g/mol. The van der Waals surface area contributed by atoms with E-state index < -0.39 is 0 Å². The molecule has 0 bridgehead atoms. The molecule has 140 valence electrons. The molecule has 2 rings (SSSR count). The average Bonchev–Trinajstić information content (AvgIpc) is 2.67. The largest absolute Gasteiger partial charge is 0.493 e. The highest BCUT2D eigenvalue weighted by Crippen LogP contribution is 2.31. The van der Waals surface area contributed by atoms with Gasteiger partial charge >= 0.3 is 0 Å². The maximum absolute atomic E-state index is 12.3. The molecule has 0 aliphatic heterocycles. The van der Waals surface area contributed by atoms with E-state index in [1.54, 1.807) is 43.4 Å². The van der Waals surface area contributed by atoms with Crippen LogP contribution < -0.4 is 14.8 Å². The summed E-state index contributed by atoms with van der Waals surface area (Å²) in [5, 5.41) is 2.86. The summed E-state index contributed by atoms with van der Waals surface area (Å²) in [5.74, 6) is 2.19. The minimum atomic E-state index is -0.0941. The van der Waals surface area contributed by atoms with E-state index >= 15 is 0 Å². The van der Waals surface area contributed by atoms with Crippen molar-refractivity contribution in [1.82, 2.24) is 4.98 Å². The minimum Gasteiger partial charge on any atom is -0.493 e. The topological polar surface area (TPSA) is 60.5 Å². The number of aromatic nitrogens is 1. The van der Waals surface area contributed by atoms with Crippen LogP contribution >= 0.6 is 11.8 Å². The molecule has 1 unspecified atom stereocenters. The molecule has 0 fully saturated rings. The van der Waals surface area contributed by atoms with Gasteiger partial charge in [-0.2, -0.15) is 0 Å². The number of thioether (sulfide) groups is 1. The van der Waals surface area contributed by atoms with Crippen LogP contribution in [0.4, 0.5) is 5.69 Å². The van der Waals surface area contributed by atoms with Crippen LogP contribution in [0.3, 0.4) is 0 Å². The average molecular weight is 375 g/mol. The van der Waals surface area contributed by atoms with Gasteiger partial charge in [0, 0.05) is 29.7 Å². The van der Waals surface area contributed by atoms with E-state index in [0.717, 1.165) is 24.2 Å². The molecule has 0 saturated heterocycles. The van der Waals surface area contributed by atoms with E-state index in [4.69, 9.17) is 9.47 Å². The summed E-state index contributed by atoms with van der Waals surface area (Å²) < 4.78 is 11.2. The lowest BCUT2D eigenvalue weighted by atomic mass is 10.2. The molecule has 1 amide bonds. The summed E-state index contributed by atoms with van der Waals surface area (Å²) in [7, 11) is 1.59. The molecular formula is C20H26N2O3S. The molecule has 0 aliphatic carbocycles. The van der Waals surface area contributed by atoms with E-state index in [9.17, 15) is 4.79 Å². The molecule has 0 aliphatic rings. The van der Waals surface area contributed by atoms with Gasteiger partial charge in [-0.1, -0.05) is 19.4 Å². The molecule has 0 radical (unpaired) electrons. The van der Waals surface area contributed by atoms with Gasteiger partial charge in [0.05, 0.1) is 12.4 Å². The maximum atomic E-state index is 12.3. The van der Waals surface area contributed by atoms with Crippen molar-refractivity contribution in [3.8, 4) is 11.5 Å². The monoisotopic (exact) mass is 374 g/mol. The van der Waals surface area contributed by atoms with Gasteiger partial charge in [0.25, 0.3) is 0 Å². The number of ether oxygens (including phenoxy) is 2. The van der Waals surface area contributed by atoms with Crippen molar-refractivity contribution in [3.05, 3.63) is 48.3 Å². The number of nitrogens with zero attached hydrogens (tertiary/aromatic N) is 1. The molecule has 5 nitrogen and oxygen atoms in total. The van der Waals surface area contributed by atoms with Crippen LogP contribution in [0.5, 0.6) is 11.5 Å². The summed E-state index contributed by atoms with van der Waals surface area (Å²) in [6, 6.07) is 9.21. The number of hydrogen-bond acceptors (Lipinski definition) is 5. The fraction of sp³-hybridized carbons (Fsp3) is 0.400. The number of hydrogen-bond donors (Lipinski definition) is 1. The van der Waals surface area contributed by atoms with Gasteiger partial charge in [-0.05, 0) is 37.3 Å². The minimum absolute atomic E-state index is 0.00511. The van der Waals surface area contributed by atoms with Crippen molar-refractivity contribution in [2.24, 2.45) is 0 Å². The van der Waals surface area contributed by atoms with Crippen molar-refractivity contribution in [2.45, 2.75) is 38.5 Å². The lowest BCUT2D eigenvalue weighted by Gasteiger charge is -2.15. The van der Waals surface area contributed by atoms with Crippen LogP contribution in [-0.4, -0.2) is 29.0 Å². The molecule has 1 aromatic carbocycles. The first-order valence-corrected chi connectivity index (χ1v) is 9.81. The Morgan fingerprint density at radius 3 is 2.85 bits per heavy atom. The quantitative estimate of drug-likeness (QED) is 0.619. The van der Waals surface area contributed by atoms with Crippen LogP contribution in [0.25, 0.3) is 0 Å². The fourth-order valence-electron chi connectivity index (χ4n) is 2.24. The zero-order chi connectivity index (χ0) is 18.8. The highest BCUT2D eigenvalue weighted by atomic mass is 32.2. The van der Waals surface area contributed by atoms with Crippen LogP contribution in [0.2, 0.25) is 0 Å². The third kappa shape index (κ3) is 6.26. The summed E-state index contributed by atoms with van der Waals surface area (Å²) >= 11 is 1.67. The Morgan fingerprint density at radius 1 is 1.31 bits per heavy atom. The molecule has 26 heavy (non-hydrogen) atoms. The second-order valence-electron chi connectivity index (χ2n) is 5.87. The Bertz CT molecular complexity index is 695. The Labute approximate surface area is 159 Å². The molecule has 1 N–H and O–H groups in total. The zero-order valence-electron chi connectivity index (χ0n) is 15.5. The number of carbonyl (C=O) groups is 1. The Balaban J connectivity index is 2.00. The number of benzene rings is 1. The van der Waals surface area contributed by atoms with Crippen LogP contribution in [-0.2, 0) is 11.4 Å². The number of rotatable bonds is 10. The van der Waals surface area contributed by atoms with E-state index in [1.807, 2.05) is 25.1 Å². The lowest BCUT2D eigenvalue weighted by Crippen LogP contribution is -2.22. The number of pyridine rings is 1. The van der Waals surface area contributed by atoms with E-state index in [-0.39, 0.29) is 11.2 Å². The van der Waals surface area contributed by atoms with Crippen molar-refractivity contribution in [1.29, 1.82) is 0 Å². The van der Waals surface area contributed by atoms with E-state index in [1.165, 1.54) is 0 Å². The van der Waals surface area contributed by atoms with Crippen molar-refractivity contribution < 1.29 is 14.3 Å². The van der Waals surface area contributed by atoms with Gasteiger partial charge in [0.2, 0.25) is 5.91 Å². The first-order chi connectivity index (χ1) is 12.6. The number of unbranched alkanes of at least 4 members (excludes halogenated alkanes) is 1. The summed E-state index contributed by atoms with van der Waals surface area (Å²) in [6.07, 6.45) is 5.74. The zero-order valence-corrected chi connectivity index (χ0v) is 16.3. The predicted octanol–water partition coefficient (Wildman–Crippen LogP) is 4.53. The maximum Gasteiger partial charge on any atom is 0.237 e. The van der Waals surface area contributed by atoms with Crippen LogP contribution in [0.15, 0.2) is 42.7 Å². The molecule has 1 atom stereocenters. The standard InChI is InChI=1S/C20H26N2O3S/c1-4-5-11-26-15(2)20(23)22-17-8-9-18(24-3)19(12-17)25-14-16-7-6-10-21-13-16/h6-10,12-13,15H,4-5,11,14H2,1-3H3,(H,22,23). The summed E-state index contributed by atoms with van der Waals surface area (Å²) in [6.45, 7) is 4.46. The van der Waals surface area contributed by atoms with E-state index in [0.29, 0.717) is 23.8 Å². The first kappa shape index (κ1) is 20.1. The number of anilines is 1. The van der Waals surface area contributed by atoms with Crippen LogP contribution in [0, 0.1) is 0 Å². The third-order valence-corrected chi connectivity index (χ3v) is 5.02. The van der Waals surface area contributed by atoms with Crippen molar-refractivity contribution in [2.75, 3.05) is 18.2 Å². The Hall–Kier alpha value is -2.21. The first-order valence-electron chi connectivity index (χ1n) is 8.76. The predicted molar refractivity (Wildman–Crippen MR) is 107 cm³/mol. The number of amides is 1. The van der Waals surface area contributed by atoms with E-state index in [2.05, 4.69) is 17.2 Å². The van der Waals surface area contributed by atoms with Gasteiger partial charge in [0.15, 0.2) is 11.5 Å². The third-order valence-electron chi connectivity index (χ3n) is 3.78. The van der Waals surface area contributed by atoms with Crippen molar-refractivity contribution in [3.63, 3.8) is 0 Å². The van der Waals surface area contributed by atoms with Gasteiger partial charge in [-0.15, -0.1) is 11.8 Å². The number of carbonyl (C=O) groups excluding carboxylic acids is 1. The SMILES string of the molecule is CCCCSC(C)C(=O)Nc1ccc(OC)c(OCc2cccnc2)c1. The highest BCUT2D eigenvalue weighted by molar-refractivity contribution is 8.00. The van der Waals surface area contributed by atoms with Gasteiger partial charge in [-0.3, -0.25) is 9.78 Å². The van der Waals surface area contributed by atoms with Crippen molar-refractivity contribution >= 4 is 23.4 Å². The number of methoxy groups -OCH3 is 1. The molecule has 6 heteroatoms. The highest BCUT2D eigenvalue weighted by Gasteiger charge is 2.14. The summed E-state index contributed by atoms with van der Waals surface area (Å²) in [5.41, 5.74) is 1.66.